The molecule has 0 bridgehead atoms. The number of fused-ring (bicyclic) bond motifs is 1. The van der Waals surface area contributed by atoms with E-state index in [0.717, 1.165) is 6.42 Å². The Hall–Kier alpha value is -0.370. The van der Waals surface area contributed by atoms with Crippen LogP contribution in [0.25, 0.3) is 0 Å². The second kappa shape index (κ2) is 1.53. The van der Waals surface area contributed by atoms with Gasteiger partial charge in [0.05, 0.1) is 6.04 Å². The normalized spacial score (nSPS) is 43.8. The van der Waals surface area contributed by atoms with Crippen molar-refractivity contribution in [1.82, 2.24) is 4.90 Å². The Balaban J connectivity index is 2.33. The third-order valence-electron chi connectivity index (χ3n) is 3.04. The first-order valence-corrected chi connectivity index (χ1v) is 4.19. The van der Waals surface area contributed by atoms with Crippen molar-refractivity contribution in [2.24, 2.45) is 0 Å². The van der Waals surface area contributed by atoms with E-state index in [4.69, 9.17) is 0 Å². The van der Waals surface area contributed by atoms with E-state index < -0.39 is 0 Å². The van der Waals surface area contributed by atoms with Crippen LogP contribution in [-0.2, 0) is 4.79 Å². The fourth-order valence-electron chi connectivity index (χ4n) is 2.76. The number of hydrogen-bond acceptors (Lipinski definition) is 2. The number of nitrogens with zero attached hydrogens (tertiary/aromatic N) is 1. The molecule has 0 spiro atoms. The molecule has 2 aliphatic rings. The zero-order valence-corrected chi connectivity index (χ0v) is 7.64. The minimum atomic E-state index is 0.116. The van der Waals surface area contributed by atoms with Crippen LogP contribution in [0.3, 0.4) is 0 Å². The average molecular weight is 153 g/mol. The van der Waals surface area contributed by atoms with E-state index in [-0.39, 0.29) is 17.1 Å². The molecule has 2 heteroatoms. The van der Waals surface area contributed by atoms with Crippen LogP contribution < -0.4 is 0 Å². The smallest absolute Gasteiger partial charge is 0.153 e. The lowest BCUT2D eigenvalue weighted by atomic mass is 9.94. The first kappa shape index (κ1) is 7.29. The molecule has 0 aliphatic carbocycles. The topological polar surface area (TPSA) is 20.1 Å². The van der Waals surface area contributed by atoms with Crippen LogP contribution in [0, 0.1) is 0 Å². The van der Waals surface area contributed by atoms with Crippen molar-refractivity contribution in [2.45, 2.75) is 51.2 Å². The Bertz CT molecular complexity index is 230. The van der Waals surface area contributed by atoms with E-state index in [2.05, 4.69) is 32.6 Å². The van der Waals surface area contributed by atoms with E-state index >= 15 is 0 Å². The zero-order valence-electron chi connectivity index (χ0n) is 7.64. The van der Waals surface area contributed by atoms with Gasteiger partial charge in [-0.1, -0.05) is 0 Å². The summed E-state index contributed by atoms with van der Waals surface area (Å²) in [4.78, 5) is 13.7. The van der Waals surface area contributed by atoms with Gasteiger partial charge in [-0.3, -0.25) is 9.69 Å². The van der Waals surface area contributed by atoms with Gasteiger partial charge in [0.2, 0.25) is 0 Å². The molecule has 0 radical (unpaired) electrons. The average Bonchev–Trinajstić information content (AvgIpc) is 2.22. The second-order valence-corrected chi connectivity index (χ2v) is 4.88. The number of carbonyl (C=O) groups excluding carboxylic acids is 1. The number of piperidine rings is 1. The first-order valence-electron chi connectivity index (χ1n) is 4.19. The van der Waals surface area contributed by atoms with Crippen LogP contribution in [0.2, 0.25) is 0 Å². The molecule has 0 aromatic carbocycles. The molecule has 62 valence electrons. The van der Waals surface area contributed by atoms with Gasteiger partial charge in [0.25, 0.3) is 0 Å². The maximum Gasteiger partial charge on any atom is 0.153 e. The van der Waals surface area contributed by atoms with Crippen LogP contribution in [0.15, 0.2) is 0 Å². The molecule has 11 heavy (non-hydrogen) atoms. The molecular formula is C9H15NO. The van der Waals surface area contributed by atoms with Crippen LogP contribution in [-0.4, -0.2) is 27.8 Å². The summed E-state index contributed by atoms with van der Waals surface area (Å²) in [6, 6.07) is 0.234. The molecule has 2 atom stereocenters. The molecule has 2 rings (SSSR count). The number of hydrogen-bond donors (Lipinski definition) is 0. The fourth-order valence-corrected chi connectivity index (χ4v) is 2.76. The number of carbonyl (C=O) groups is 1. The predicted octanol–water partition coefficient (Wildman–Crippen LogP) is 1.20. The van der Waals surface area contributed by atoms with Crippen LogP contribution in [0.4, 0.5) is 0 Å². The van der Waals surface area contributed by atoms with E-state index in [0.29, 0.717) is 5.78 Å². The summed E-state index contributed by atoms with van der Waals surface area (Å²) in [6.07, 6.45) is 0.737. The van der Waals surface area contributed by atoms with Crippen LogP contribution >= 0.6 is 0 Å². The maximum absolute atomic E-state index is 11.4. The van der Waals surface area contributed by atoms with Crippen molar-refractivity contribution in [2.75, 3.05) is 0 Å². The highest BCUT2D eigenvalue weighted by atomic mass is 16.1. The highest BCUT2D eigenvalue weighted by Gasteiger charge is 2.69. The summed E-state index contributed by atoms with van der Waals surface area (Å²) in [5.41, 5.74) is 0.268. The third-order valence-corrected chi connectivity index (χ3v) is 3.04. The molecule has 2 fully saturated rings. The van der Waals surface area contributed by atoms with Crippen molar-refractivity contribution < 1.29 is 4.79 Å². The zero-order chi connectivity index (χ0) is 8.44. The molecule has 2 saturated heterocycles. The van der Waals surface area contributed by atoms with Gasteiger partial charge in [0.15, 0.2) is 5.78 Å². The number of ketones is 1. The lowest BCUT2D eigenvalue weighted by Crippen LogP contribution is -2.33. The lowest BCUT2D eigenvalue weighted by molar-refractivity contribution is -0.118. The summed E-state index contributed by atoms with van der Waals surface area (Å²) in [6.45, 7) is 8.60. The van der Waals surface area contributed by atoms with Crippen LogP contribution in [0.5, 0.6) is 0 Å². The van der Waals surface area contributed by atoms with Crippen LogP contribution in [0.1, 0.15) is 34.1 Å². The molecule has 0 saturated carbocycles. The van der Waals surface area contributed by atoms with Gasteiger partial charge in [-0.05, 0) is 27.7 Å². The van der Waals surface area contributed by atoms with Gasteiger partial charge in [-0.25, -0.2) is 0 Å². The second-order valence-electron chi connectivity index (χ2n) is 4.88. The number of Topliss-reactive ketones (excluding diaryl/α,β-unsaturated/α-hetero) is 1. The fraction of sp³-hybridized carbons (Fsp3) is 0.889. The van der Waals surface area contributed by atoms with E-state index in [1.165, 1.54) is 0 Å². The van der Waals surface area contributed by atoms with E-state index in [1.807, 2.05) is 0 Å². The molecule has 2 unspecified atom stereocenters. The molecule has 2 aliphatic heterocycles. The highest BCUT2D eigenvalue weighted by Crippen LogP contribution is 2.53. The summed E-state index contributed by atoms with van der Waals surface area (Å²) in [5.74, 6) is 0.431. The van der Waals surface area contributed by atoms with E-state index in [9.17, 15) is 4.79 Å². The SMILES string of the molecule is CC1(C)CC(=O)C2N1C2(C)C. The highest BCUT2D eigenvalue weighted by molar-refractivity contribution is 5.93. The minimum Gasteiger partial charge on any atom is -0.298 e. The Morgan fingerprint density at radius 2 is 1.91 bits per heavy atom. The Labute approximate surface area is 67.6 Å². The minimum absolute atomic E-state index is 0.116. The molecule has 2 heterocycles. The molecule has 0 aromatic heterocycles. The van der Waals surface area contributed by atoms with Crippen molar-refractivity contribution >= 4 is 5.78 Å². The third kappa shape index (κ3) is 0.684. The van der Waals surface area contributed by atoms with Gasteiger partial charge in [0.1, 0.15) is 0 Å². The predicted molar refractivity (Wildman–Crippen MR) is 43.4 cm³/mol. The Kier molecular flexibility index (Phi) is 1.02. The van der Waals surface area contributed by atoms with Gasteiger partial charge in [0, 0.05) is 17.5 Å². The van der Waals surface area contributed by atoms with Gasteiger partial charge >= 0.3 is 0 Å². The van der Waals surface area contributed by atoms with Crippen molar-refractivity contribution in [3.8, 4) is 0 Å². The first-order chi connectivity index (χ1) is 4.87. The van der Waals surface area contributed by atoms with Gasteiger partial charge < -0.3 is 0 Å². The molecule has 2 nitrogen and oxygen atoms in total. The van der Waals surface area contributed by atoms with E-state index in [1.54, 1.807) is 0 Å². The maximum atomic E-state index is 11.4. The van der Waals surface area contributed by atoms with Crippen molar-refractivity contribution in [1.29, 1.82) is 0 Å². The summed E-state index contributed by atoms with van der Waals surface area (Å²) in [5, 5.41) is 0. The van der Waals surface area contributed by atoms with Gasteiger partial charge in [-0.2, -0.15) is 0 Å². The van der Waals surface area contributed by atoms with Gasteiger partial charge in [-0.15, -0.1) is 0 Å². The summed E-state index contributed by atoms with van der Waals surface area (Å²) >= 11 is 0. The summed E-state index contributed by atoms with van der Waals surface area (Å²) < 4.78 is 0. The molecule has 0 amide bonds. The van der Waals surface area contributed by atoms with Crippen molar-refractivity contribution in [3.63, 3.8) is 0 Å². The quantitative estimate of drug-likeness (QED) is 0.487. The summed E-state index contributed by atoms with van der Waals surface area (Å²) in [7, 11) is 0. The monoisotopic (exact) mass is 153 g/mol. The molecular weight excluding hydrogens is 138 g/mol. The number of rotatable bonds is 0. The molecule has 0 N–H and O–H groups in total. The Morgan fingerprint density at radius 1 is 1.36 bits per heavy atom. The van der Waals surface area contributed by atoms with Crippen molar-refractivity contribution in [3.05, 3.63) is 0 Å². The standard InChI is InChI=1S/C9H15NO/c1-8(2)5-6(11)7-9(3,4)10(7)8/h7H,5H2,1-4H3. The lowest BCUT2D eigenvalue weighted by Gasteiger charge is -2.24. The largest absolute Gasteiger partial charge is 0.298 e. The molecule has 0 aromatic rings. The Morgan fingerprint density at radius 3 is 2.09 bits per heavy atom.